The molecule has 0 aromatic carbocycles. The van der Waals surface area contributed by atoms with E-state index < -0.39 is 5.54 Å². The van der Waals surface area contributed by atoms with Gasteiger partial charge in [-0.1, -0.05) is 13.3 Å². The minimum Gasteiger partial charge on any atom is -0.344 e. The van der Waals surface area contributed by atoms with E-state index in [9.17, 15) is 4.79 Å². The summed E-state index contributed by atoms with van der Waals surface area (Å²) in [6.45, 7) is 2.96. The molecule has 0 bridgehead atoms. The fourth-order valence-electron chi connectivity index (χ4n) is 1.23. The van der Waals surface area contributed by atoms with Crippen molar-refractivity contribution in [3.8, 4) is 0 Å². The molecule has 0 spiro atoms. The molecule has 1 aliphatic rings. The van der Waals surface area contributed by atoms with Crippen LogP contribution in [-0.2, 0) is 4.79 Å². The molecule has 0 aliphatic heterocycles. The van der Waals surface area contributed by atoms with Gasteiger partial charge in [0.05, 0.1) is 5.54 Å². The number of likely N-dealkylation sites (N-methyl/N-ethyl adjacent to an activating group) is 1. The Morgan fingerprint density at radius 2 is 2.17 bits per heavy atom. The molecule has 0 atom stereocenters. The minimum absolute atomic E-state index is 0.121. The van der Waals surface area contributed by atoms with Crippen LogP contribution in [0.25, 0.3) is 0 Å². The first-order valence-electron chi connectivity index (χ1n) is 4.64. The highest BCUT2D eigenvalue weighted by atomic mass is 16.2. The standard InChI is InChI=1S/C9H18N2O/c1-3-4-7-11(2)8(12)9(10)5-6-9/h3-7,10H2,1-2H3. The highest BCUT2D eigenvalue weighted by Gasteiger charge is 2.47. The molecule has 1 saturated carbocycles. The largest absolute Gasteiger partial charge is 0.344 e. The topological polar surface area (TPSA) is 46.3 Å². The van der Waals surface area contributed by atoms with E-state index in [-0.39, 0.29) is 5.91 Å². The van der Waals surface area contributed by atoms with Crippen molar-refractivity contribution < 1.29 is 4.79 Å². The second kappa shape index (κ2) is 3.44. The van der Waals surface area contributed by atoms with Crippen LogP contribution in [0.2, 0.25) is 0 Å². The molecule has 3 nitrogen and oxygen atoms in total. The normalized spacial score (nSPS) is 18.9. The van der Waals surface area contributed by atoms with Crippen molar-refractivity contribution in [1.82, 2.24) is 4.90 Å². The highest BCUT2D eigenvalue weighted by molar-refractivity contribution is 5.88. The molecule has 1 fully saturated rings. The molecule has 0 aromatic heterocycles. The van der Waals surface area contributed by atoms with Crippen LogP contribution in [0.3, 0.4) is 0 Å². The van der Waals surface area contributed by atoms with Gasteiger partial charge >= 0.3 is 0 Å². The number of unbranched alkanes of at least 4 members (excludes halogenated alkanes) is 1. The van der Waals surface area contributed by atoms with Crippen molar-refractivity contribution in [2.45, 2.75) is 38.1 Å². The van der Waals surface area contributed by atoms with E-state index in [0.717, 1.165) is 32.2 Å². The number of nitrogens with zero attached hydrogens (tertiary/aromatic N) is 1. The van der Waals surface area contributed by atoms with Gasteiger partial charge in [-0.25, -0.2) is 0 Å². The van der Waals surface area contributed by atoms with E-state index in [1.807, 2.05) is 7.05 Å². The van der Waals surface area contributed by atoms with Crippen LogP contribution in [0, 0.1) is 0 Å². The lowest BCUT2D eigenvalue weighted by Crippen LogP contribution is -2.44. The molecule has 12 heavy (non-hydrogen) atoms. The van der Waals surface area contributed by atoms with Crippen molar-refractivity contribution in [2.75, 3.05) is 13.6 Å². The first-order valence-corrected chi connectivity index (χ1v) is 4.64. The lowest BCUT2D eigenvalue weighted by atomic mass is 10.2. The molecular formula is C9H18N2O. The first kappa shape index (κ1) is 9.52. The molecule has 70 valence electrons. The van der Waals surface area contributed by atoms with Gasteiger partial charge in [0.1, 0.15) is 0 Å². The molecule has 1 aliphatic carbocycles. The van der Waals surface area contributed by atoms with E-state index >= 15 is 0 Å². The van der Waals surface area contributed by atoms with Crippen LogP contribution in [0.15, 0.2) is 0 Å². The molecule has 2 N–H and O–H groups in total. The van der Waals surface area contributed by atoms with Crippen molar-refractivity contribution in [2.24, 2.45) is 5.73 Å². The second-order valence-corrected chi connectivity index (χ2v) is 3.74. The lowest BCUT2D eigenvalue weighted by molar-refractivity contribution is -0.132. The predicted molar refractivity (Wildman–Crippen MR) is 48.7 cm³/mol. The predicted octanol–water partition coefficient (Wildman–Crippen LogP) is 0.736. The van der Waals surface area contributed by atoms with Crippen LogP contribution in [-0.4, -0.2) is 29.9 Å². The Kier molecular flexibility index (Phi) is 2.73. The summed E-state index contributed by atoms with van der Waals surface area (Å²) in [7, 11) is 1.84. The maximum Gasteiger partial charge on any atom is 0.242 e. The van der Waals surface area contributed by atoms with Gasteiger partial charge in [0, 0.05) is 13.6 Å². The van der Waals surface area contributed by atoms with Gasteiger partial charge in [0.2, 0.25) is 5.91 Å². The summed E-state index contributed by atoms with van der Waals surface area (Å²) in [5.41, 5.74) is 5.29. The summed E-state index contributed by atoms with van der Waals surface area (Å²) in [6, 6.07) is 0. The number of carbonyl (C=O) groups excluding carboxylic acids is 1. The second-order valence-electron chi connectivity index (χ2n) is 3.74. The Bertz CT molecular complexity index is 175. The SMILES string of the molecule is CCCCN(C)C(=O)C1(N)CC1. The van der Waals surface area contributed by atoms with Crippen LogP contribution < -0.4 is 5.73 Å². The number of carbonyl (C=O) groups is 1. The van der Waals surface area contributed by atoms with E-state index in [0.29, 0.717) is 0 Å². The Labute approximate surface area is 73.9 Å². The zero-order valence-corrected chi connectivity index (χ0v) is 7.97. The first-order chi connectivity index (χ1) is 5.60. The van der Waals surface area contributed by atoms with Gasteiger partial charge in [-0.05, 0) is 19.3 Å². The summed E-state index contributed by atoms with van der Waals surface area (Å²) in [5, 5.41) is 0. The summed E-state index contributed by atoms with van der Waals surface area (Å²) in [5.74, 6) is 0.121. The van der Waals surface area contributed by atoms with Crippen LogP contribution in [0.1, 0.15) is 32.6 Å². The number of hydrogen-bond donors (Lipinski definition) is 1. The minimum atomic E-state index is -0.484. The smallest absolute Gasteiger partial charge is 0.242 e. The maximum atomic E-state index is 11.5. The third-order valence-electron chi connectivity index (χ3n) is 2.41. The van der Waals surface area contributed by atoms with E-state index in [2.05, 4.69) is 6.92 Å². The molecule has 0 heterocycles. The maximum absolute atomic E-state index is 11.5. The summed E-state index contributed by atoms with van der Waals surface area (Å²) < 4.78 is 0. The molecule has 1 rings (SSSR count). The summed E-state index contributed by atoms with van der Waals surface area (Å²) in [4.78, 5) is 13.3. The van der Waals surface area contributed by atoms with Gasteiger partial charge in [-0.3, -0.25) is 4.79 Å². The van der Waals surface area contributed by atoms with E-state index in [1.54, 1.807) is 4.90 Å². The Balaban J connectivity index is 2.31. The Morgan fingerprint density at radius 1 is 1.58 bits per heavy atom. The molecule has 0 radical (unpaired) electrons. The van der Waals surface area contributed by atoms with Gasteiger partial charge in [0.15, 0.2) is 0 Å². The Morgan fingerprint density at radius 3 is 2.58 bits per heavy atom. The van der Waals surface area contributed by atoms with Crippen molar-refractivity contribution in [3.05, 3.63) is 0 Å². The molecule has 0 unspecified atom stereocenters. The quantitative estimate of drug-likeness (QED) is 0.676. The van der Waals surface area contributed by atoms with Crippen LogP contribution in [0.5, 0.6) is 0 Å². The van der Waals surface area contributed by atoms with E-state index in [1.165, 1.54) is 0 Å². The third kappa shape index (κ3) is 1.97. The number of amides is 1. The van der Waals surface area contributed by atoms with Gasteiger partial charge in [-0.15, -0.1) is 0 Å². The van der Waals surface area contributed by atoms with Crippen LogP contribution >= 0.6 is 0 Å². The van der Waals surface area contributed by atoms with Crippen LogP contribution in [0.4, 0.5) is 0 Å². The summed E-state index contributed by atoms with van der Waals surface area (Å²) in [6.07, 6.45) is 3.91. The molecule has 0 saturated heterocycles. The zero-order chi connectivity index (χ0) is 9.19. The van der Waals surface area contributed by atoms with Crippen molar-refractivity contribution in [1.29, 1.82) is 0 Å². The van der Waals surface area contributed by atoms with Gasteiger partial charge in [0.25, 0.3) is 0 Å². The summed E-state index contributed by atoms with van der Waals surface area (Å²) >= 11 is 0. The number of nitrogens with two attached hydrogens (primary N) is 1. The molecule has 3 heteroatoms. The van der Waals surface area contributed by atoms with Crippen molar-refractivity contribution >= 4 is 5.91 Å². The molecule has 1 amide bonds. The monoisotopic (exact) mass is 170 g/mol. The average Bonchev–Trinajstić information content (AvgIpc) is 2.79. The lowest BCUT2D eigenvalue weighted by Gasteiger charge is -2.20. The van der Waals surface area contributed by atoms with E-state index in [4.69, 9.17) is 5.73 Å². The highest BCUT2D eigenvalue weighted by Crippen LogP contribution is 2.33. The Hall–Kier alpha value is -0.570. The fraction of sp³-hybridized carbons (Fsp3) is 0.889. The fourth-order valence-corrected chi connectivity index (χ4v) is 1.23. The van der Waals surface area contributed by atoms with Gasteiger partial charge in [-0.2, -0.15) is 0 Å². The van der Waals surface area contributed by atoms with Gasteiger partial charge < -0.3 is 10.6 Å². The molecule has 0 aromatic rings. The number of rotatable bonds is 4. The third-order valence-corrected chi connectivity index (χ3v) is 2.41. The number of hydrogen-bond acceptors (Lipinski definition) is 2. The van der Waals surface area contributed by atoms with Crippen molar-refractivity contribution in [3.63, 3.8) is 0 Å². The molecular weight excluding hydrogens is 152 g/mol. The zero-order valence-electron chi connectivity index (χ0n) is 7.97. The average molecular weight is 170 g/mol.